The minimum absolute atomic E-state index is 0. The molecule has 0 fully saturated rings. The first-order valence-electron chi connectivity index (χ1n) is 4.88. The van der Waals surface area contributed by atoms with Gasteiger partial charge in [0.15, 0.2) is 0 Å². The minimum Gasteiger partial charge on any atom is -0.497 e. The second-order valence-electron chi connectivity index (χ2n) is 3.52. The van der Waals surface area contributed by atoms with Gasteiger partial charge in [0.2, 0.25) is 0 Å². The first-order chi connectivity index (χ1) is 7.20. The molecule has 0 spiro atoms. The molecule has 0 aliphatic carbocycles. The van der Waals surface area contributed by atoms with Crippen LogP contribution in [0.15, 0.2) is 24.3 Å². The number of hydrogen-bond donors (Lipinski definition) is 1. The smallest absolute Gasteiger partial charge is 0.137 e. The summed E-state index contributed by atoms with van der Waals surface area (Å²) in [6.07, 6.45) is 0. The Bertz CT molecular complexity index is 438. The van der Waals surface area contributed by atoms with E-state index in [0.29, 0.717) is 0 Å². The summed E-state index contributed by atoms with van der Waals surface area (Å²) in [4.78, 5) is 7.69. The van der Waals surface area contributed by atoms with E-state index in [9.17, 15) is 0 Å². The van der Waals surface area contributed by atoms with E-state index in [-0.39, 0.29) is 7.43 Å². The largest absolute Gasteiger partial charge is 0.497 e. The van der Waals surface area contributed by atoms with E-state index in [1.165, 1.54) is 0 Å². The van der Waals surface area contributed by atoms with Crippen molar-refractivity contribution in [2.75, 3.05) is 7.11 Å². The fourth-order valence-corrected chi connectivity index (χ4v) is 1.43. The van der Waals surface area contributed by atoms with E-state index in [0.717, 1.165) is 28.5 Å². The van der Waals surface area contributed by atoms with Crippen LogP contribution in [0.1, 0.15) is 18.8 Å². The van der Waals surface area contributed by atoms with Crippen LogP contribution in [0, 0.1) is 13.8 Å². The number of rotatable bonds is 2. The number of aryl methyl sites for hydroxylation is 2. The summed E-state index contributed by atoms with van der Waals surface area (Å²) in [6, 6.07) is 7.86. The van der Waals surface area contributed by atoms with Gasteiger partial charge < -0.3 is 9.72 Å². The van der Waals surface area contributed by atoms with Gasteiger partial charge in [-0.1, -0.05) is 7.43 Å². The lowest BCUT2D eigenvalue weighted by atomic mass is 10.2. The second kappa shape index (κ2) is 4.84. The highest BCUT2D eigenvalue weighted by atomic mass is 16.5. The molecule has 86 valence electrons. The molecular weight excluding hydrogens is 200 g/mol. The Hall–Kier alpha value is -1.77. The predicted octanol–water partition coefficient (Wildman–Crippen LogP) is 3.34. The molecule has 0 aliphatic rings. The van der Waals surface area contributed by atoms with Crippen molar-refractivity contribution in [3.05, 3.63) is 35.7 Å². The molecule has 0 atom stereocenters. The zero-order valence-electron chi connectivity index (χ0n) is 9.16. The number of H-pyrrole nitrogens is 1. The van der Waals surface area contributed by atoms with Crippen LogP contribution < -0.4 is 4.74 Å². The maximum atomic E-state index is 5.10. The molecule has 1 aromatic carbocycles. The number of aromatic nitrogens is 2. The molecule has 0 radical (unpaired) electrons. The van der Waals surface area contributed by atoms with Gasteiger partial charge >= 0.3 is 0 Å². The van der Waals surface area contributed by atoms with Crippen LogP contribution in [0.2, 0.25) is 0 Å². The van der Waals surface area contributed by atoms with Crippen LogP contribution >= 0.6 is 0 Å². The number of aromatic amines is 1. The molecule has 1 N–H and O–H groups in total. The molecule has 1 aromatic heterocycles. The van der Waals surface area contributed by atoms with Crippen LogP contribution in [0.4, 0.5) is 0 Å². The van der Waals surface area contributed by atoms with Gasteiger partial charge in [-0.15, -0.1) is 0 Å². The van der Waals surface area contributed by atoms with Gasteiger partial charge in [0, 0.05) is 11.3 Å². The Labute approximate surface area is 96.5 Å². The maximum absolute atomic E-state index is 5.10. The van der Waals surface area contributed by atoms with Gasteiger partial charge in [-0.05, 0) is 38.1 Å². The molecule has 0 amide bonds. The third-order valence-corrected chi connectivity index (χ3v) is 2.49. The number of imidazole rings is 1. The molecular formula is C13H18N2O. The van der Waals surface area contributed by atoms with Crippen LogP contribution in [0.5, 0.6) is 5.75 Å². The molecule has 0 saturated heterocycles. The Morgan fingerprint density at radius 1 is 1.12 bits per heavy atom. The SMILES string of the molecule is C.COc1ccc(-c2nc(C)c(C)[nH]2)cc1. The van der Waals surface area contributed by atoms with Crippen LogP contribution in [-0.4, -0.2) is 17.1 Å². The molecule has 0 bridgehead atoms. The van der Waals surface area contributed by atoms with Crippen molar-refractivity contribution < 1.29 is 4.74 Å². The van der Waals surface area contributed by atoms with Crippen molar-refractivity contribution in [2.45, 2.75) is 21.3 Å². The van der Waals surface area contributed by atoms with E-state index >= 15 is 0 Å². The third-order valence-electron chi connectivity index (χ3n) is 2.49. The number of nitrogens with zero attached hydrogens (tertiary/aromatic N) is 1. The number of nitrogens with one attached hydrogen (secondary N) is 1. The molecule has 2 rings (SSSR count). The second-order valence-corrected chi connectivity index (χ2v) is 3.52. The highest BCUT2D eigenvalue weighted by Gasteiger charge is 2.04. The lowest BCUT2D eigenvalue weighted by molar-refractivity contribution is 0.415. The van der Waals surface area contributed by atoms with Gasteiger partial charge in [0.1, 0.15) is 11.6 Å². The number of ether oxygens (including phenoxy) is 1. The van der Waals surface area contributed by atoms with Crippen molar-refractivity contribution in [1.82, 2.24) is 9.97 Å². The fraction of sp³-hybridized carbons (Fsp3) is 0.308. The Morgan fingerprint density at radius 3 is 2.19 bits per heavy atom. The normalized spacial score (nSPS) is 9.69. The van der Waals surface area contributed by atoms with Crippen molar-refractivity contribution in [3.8, 4) is 17.1 Å². The average Bonchev–Trinajstić information content (AvgIpc) is 2.59. The summed E-state index contributed by atoms with van der Waals surface area (Å²) < 4.78 is 5.10. The first-order valence-corrected chi connectivity index (χ1v) is 4.88. The Kier molecular flexibility index (Phi) is 3.72. The van der Waals surface area contributed by atoms with E-state index < -0.39 is 0 Å². The zero-order valence-corrected chi connectivity index (χ0v) is 9.16. The Balaban J connectivity index is 0.00000128. The summed E-state index contributed by atoms with van der Waals surface area (Å²) in [5.41, 5.74) is 3.23. The van der Waals surface area contributed by atoms with Gasteiger partial charge in [-0.25, -0.2) is 4.98 Å². The summed E-state index contributed by atoms with van der Waals surface area (Å²) >= 11 is 0. The summed E-state index contributed by atoms with van der Waals surface area (Å²) in [6.45, 7) is 4.02. The fourth-order valence-electron chi connectivity index (χ4n) is 1.43. The molecule has 0 saturated carbocycles. The summed E-state index contributed by atoms with van der Waals surface area (Å²) in [7, 11) is 1.66. The molecule has 16 heavy (non-hydrogen) atoms. The lowest BCUT2D eigenvalue weighted by Gasteiger charge is -2.00. The van der Waals surface area contributed by atoms with Crippen LogP contribution in [-0.2, 0) is 0 Å². The van der Waals surface area contributed by atoms with E-state index in [4.69, 9.17) is 4.74 Å². The highest BCUT2D eigenvalue weighted by molar-refractivity contribution is 5.57. The maximum Gasteiger partial charge on any atom is 0.137 e. The zero-order chi connectivity index (χ0) is 10.8. The molecule has 1 heterocycles. The first kappa shape index (κ1) is 12.3. The topological polar surface area (TPSA) is 37.9 Å². The quantitative estimate of drug-likeness (QED) is 0.839. The monoisotopic (exact) mass is 218 g/mol. The molecule has 2 aromatic rings. The Morgan fingerprint density at radius 2 is 1.75 bits per heavy atom. The summed E-state index contributed by atoms with van der Waals surface area (Å²) in [5, 5.41) is 0. The molecule has 3 heteroatoms. The van der Waals surface area contributed by atoms with E-state index in [2.05, 4.69) is 9.97 Å². The van der Waals surface area contributed by atoms with Gasteiger partial charge in [-0.2, -0.15) is 0 Å². The molecule has 3 nitrogen and oxygen atoms in total. The molecule has 0 unspecified atom stereocenters. The van der Waals surface area contributed by atoms with Gasteiger partial charge in [0.05, 0.1) is 12.8 Å². The highest BCUT2D eigenvalue weighted by Crippen LogP contribution is 2.20. The minimum atomic E-state index is 0. The number of methoxy groups -OCH3 is 1. The van der Waals surface area contributed by atoms with E-state index in [1.54, 1.807) is 7.11 Å². The van der Waals surface area contributed by atoms with E-state index in [1.807, 2.05) is 38.1 Å². The summed E-state index contributed by atoms with van der Waals surface area (Å²) in [5.74, 6) is 1.77. The van der Waals surface area contributed by atoms with Crippen LogP contribution in [0.25, 0.3) is 11.4 Å². The van der Waals surface area contributed by atoms with Crippen molar-refractivity contribution in [1.29, 1.82) is 0 Å². The standard InChI is InChI=1S/C12H14N2O.CH4/c1-8-9(2)14-12(13-8)10-4-6-11(15-3)7-5-10;/h4-7H,1-3H3,(H,13,14);1H4. The average molecular weight is 218 g/mol. The van der Waals surface area contributed by atoms with Crippen molar-refractivity contribution >= 4 is 0 Å². The molecule has 0 aliphatic heterocycles. The van der Waals surface area contributed by atoms with Crippen LogP contribution in [0.3, 0.4) is 0 Å². The predicted molar refractivity (Wildman–Crippen MR) is 66.8 cm³/mol. The van der Waals surface area contributed by atoms with Crippen molar-refractivity contribution in [2.24, 2.45) is 0 Å². The van der Waals surface area contributed by atoms with Gasteiger partial charge in [0.25, 0.3) is 0 Å². The number of benzene rings is 1. The number of hydrogen-bond acceptors (Lipinski definition) is 2. The third kappa shape index (κ3) is 2.24. The van der Waals surface area contributed by atoms with Gasteiger partial charge in [-0.3, -0.25) is 0 Å². The van der Waals surface area contributed by atoms with Crippen molar-refractivity contribution in [3.63, 3.8) is 0 Å². The lowest BCUT2D eigenvalue weighted by Crippen LogP contribution is -1.84.